The van der Waals surface area contributed by atoms with Gasteiger partial charge in [-0.3, -0.25) is 0 Å². The first kappa shape index (κ1) is 15.1. The predicted octanol–water partition coefficient (Wildman–Crippen LogP) is 3.32. The van der Waals surface area contributed by atoms with Gasteiger partial charge in [0.05, 0.1) is 5.02 Å². The summed E-state index contributed by atoms with van der Waals surface area (Å²) in [6, 6.07) is 8.29. The van der Waals surface area contributed by atoms with E-state index in [2.05, 4.69) is 10.5 Å². The molecular formula is C14H12ClF2N3O. The van der Waals surface area contributed by atoms with Gasteiger partial charge in [-0.1, -0.05) is 16.8 Å². The summed E-state index contributed by atoms with van der Waals surface area (Å²) in [6.45, 7) is 0.241. The number of nitrogens with zero attached hydrogens (tertiary/aromatic N) is 1. The molecule has 4 nitrogen and oxygen atoms in total. The molecule has 2 rings (SSSR count). The fourth-order valence-corrected chi connectivity index (χ4v) is 1.89. The fourth-order valence-electron chi connectivity index (χ4n) is 1.77. The molecule has 0 unspecified atom stereocenters. The number of hydrogen-bond donors (Lipinski definition) is 3. The van der Waals surface area contributed by atoms with E-state index in [0.29, 0.717) is 11.3 Å². The van der Waals surface area contributed by atoms with E-state index >= 15 is 0 Å². The molecule has 2 aromatic carbocycles. The van der Waals surface area contributed by atoms with Crippen molar-refractivity contribution >= 4 is 23.1 Å². The molecule has 0 aliphatic rings. The van der Waals surface area contributed by atoms with Crippen LogP contribution in [0.2, 0.25) is 5.02 Å². The molecular weight excluding hydrogens is 300 g/mol. The summed E-state index contributed by atoms with van der Waals surface area (Å²) in [6.07, 6.45) is 0. The molecule has 0 heterocycles. The molecule has 0 saturated carbocycles. The quantitative estimate of drug-likeness (QED) is 0.351. The Bertz CT molecular complexity index is 692. The monoisotopic (exact) mass is 311 g/mol. The number of rotatable bonds is 4. The second kappa shape index (κ2) is 6.41. The van der Waals surface area contributed by atoms with Gasteiger partial charge in [0.25, 0.3) is 0 Å². The van der Waals surface area contributed by atoms with Crippen molar-refractivity contribution < 1.29 is 14.0 Å². The van der Waals surface area contributed by atoms with E-state index in [-0.39, 0.29) is 23.0 Å². The summed E-state index contributed by atoms with van der Waals surface area (Å²) in [4.78, 5) is 0. The molecule has 0 amide bonds. The Hall–Kier alpha value is -2.34. The lowest BCUT2D eigenvalue weighted by molar-refractivity contribution is 0.318. The van der Waals surface area contributed by atoms with Gasteiger partial charge >= 0.3 is 0 Å². The van der Waals surface area contributed by atoms with Gasteiger partial charge in [0.2, 0.25) is 0 Å². The van der Waals surface area contributed by atoms with E-state index in [0.717, 1.165) is 6.07 Å². The number of amidine groups is 1. The first-order chi connectivity index (χ1) is 9.99. The maximum Gasteiger partial charge on any atom is 0.170 e. The van der Waals surface area contributed by atoms with Crippen LogP contribution in [-0.2, 0) is 6.54 Å². The number of nitrogens with two attached hydrogens (primary N) is 1. The molecule has 0 saturated heterocycles. The molecule has 21 heavy (non-hydrogen) atoms. The second-order valence-corrected chi connectivity index (χ2v) is 4.72. The van der Waals surface area contributed by atoms with Crippen molar-refractivity contribution in [2.45, 2.75) is 6.54 Å². The third-order valence-corrected chi connectivity index (χ3v) is 3.08. The second-order valence-electron chi connectivity index (χ2n) is 4.32. The van der Waals surface area contributed by atoms with Crippen molar-refractivity contribution in [3.8, 4) is 0 Å². The first-order valence-corrected chi connectivity index (χ1v) is 6.33. The van der Waals surface area contributed by atoms with Crippen LogP contribution in [0.4, 0.5) is 14.5 Å². The molecule has 110 valence electrons. The lowest BCUT2D eigenvalue weighted by Gasteiger charge is -2.09. The zero-order valence-electron chi connectivity index (χ0n) is 10.8. The van der Waals surface area contributed by atoms with E-state index in [1.165, 1.54) is 18.2 Å². The van der Waals surface area contributed by atoms with Gasteiger partial charge in [0.1, 0.15) is 11.6 Å². The first-order valence-electron chi connectivity index (χ1n) is 5.96. The van der Waals surface area contributed by atoms with Crippen LogP contribution in [0.25, 0.3) is 0 Å². The normalized spacial score (nSPS) is 11.5. The van der Waals surface area contributed by atoms with Crippen molar-refractivity contribution in [1.29, 1.82) is 0 Å². The van der Waals surface area contributed by atoms with Gasteiger partial charge in [-0.25, -0.2) is 8.78 Å². The Morgan fingerprint density at radius 1 is 1.24 bits per heavy atom. The summed E-state index contributed by atoms with van der Waals surface area (Å²) in [5.74, 6) is -1.25. The van der Waals surface area contributed by atoms with Crippen LogP contribution >= 0.6 is 11.6 Å². The van der Waals surface area contributed by atoms with Crippen molar-refractivity contribution in [3.63, 3.8) is 0 Å². The Labute approximate surface area is 124 Å². The minimum absolute atomic E-state index is 0.0283. The molecule has 0 atom stereocenters. The third-order valence-electron chi connectivity index (χ3n) is 2.78. The van der Waals surface area contributed by atoms with Crippen LogP contribution in [0.15, 0.2) is 41.6 Å². The van der Waals surface area contributed by atoms with Gasteiger partial charge in [-0.05, 0) is 42.0 Å². The van der Waals surface area contributed by atoms with Crippen LogP contribution in [-0.4, -0.2) is 11.0 Å². The zero-order chi connectivity index (χ0) is 15.4. The SMILES string of the molecule is N/C(=N/O)c1cc(F)cc(CNc2ccc(Cl)c(F)c2)c1. The summed E-state index contributed by atoms with van der Waals surface area (Å²) < 4.78 is 26.8. The minimum atomic E-state index is -0.543. The molecule has 7 heteroatoms. The maximum atomic E-state index is 13.5. The van der Waals surface area contributed by atoms with E-state index in [1.807, 2.05) is 0 Å². The zero-order valence-corrected chi connectivity index (χ0v) is 11.5. The topological polar surface area (TPSA) is 70.6 Å². The summed E-state index contributed by atoms with van der Waals surface area (Å²) >= 11 is 5.59. The largest absolute Gasteiger partial charge is 0.409 e. The van der Waals surface area contributed by atoms with E-state index in [9.17, 15) is 8.78 Å². The molecule has 0 radical (unpaired) electrons. The molecule has 4 N–H and O–H groups in total. The maximum absolute atomic E-state index is 13.5. The van der Waals surface area contributed by atoms with Crippen LogP contribution in [0.1, 0.15) is 11.1 Å². The minimum Gasteiger partial charge on any atom is -0.409 e. The van der Waals surface area contributed by atoms with E-state index < -0.39 is 11.6 Å². The highest BCUT2D eigenvalue weighted by Gasteiger charge is 2.06. The molecule has 2 aromatic rings. The van der Waals surface area contributed by atoms with Crippen LogP contribution < -0.4 is 11.1 Å². The average Bonchev–Trinajstić information content (AvgIpc) is 2.47. The number of benzene rings is 2. The number of oxime groups is 1. The molecule has 0 fully saturated rings. The number of anilines is 1. The highest BCUT2D eigenvalue weighted by Crippen LogP contribution is 2.19. The number of hydrogen-bond acceptors (Lipinski definition) is 3. The summed E-state index contributed by atoms with van der Waals surface area (Å²) in [5, 5.41) is 14.4. The molecule has 0 aliphatic carbocycles. The van der Waals surface area contributed by atoms with Gasteiger partial charge in [-0.15, -0.1) is 0 Å². The average molecular weight is 312 g/mol. The predicted molar refractivity (Wildman–Crippen MR) is 77.6 cm³/mol. The lowest BCUT2D eigenvalue weighted by atomic mass is 10.1. The number of halogens is 3. The van der Waals surface area contributed by atoms with Crippen molar-refractivity contribution in [2.24, 2.45) is 10.9 Å². The Morgan fingerprint density at radius 3 is 2.67 bits per heavy atom. The van der Waals surface area contributed by atoms with Crippen molar-refractivity contribution in [1.82, 2.24) is 0 Å². The molecule has 0 aliphatic heterocycles. The van der Waals surface area contributed by atoms with Crippen LogP contribution in [0, 0.1) is 11.6 Å². The Morgan fingerprint density at radius 2 is 2.00 bits per heavy atom. The smallest absolute Gasteiger partial charge is 0.170 e. The lowest BCUT2D eigenvalue weighted by Crippen LogP contribution is -2.14. The molecule has 0 aromatic heterocycles. The van der Waals surface area contributed by atoms with E-state index in [4.69, 9.17) is 22.5 Å². The van der Waals surface area contributed by atoms with Crippen LogP contribution in [0.3, 0.4) is 0 Å². The molecule has 0 bridgehead atoms. The van der Waals surface area contributed by atoms with Gasteiger partial charge in [0.15, 0.2) is 5.84 Å². The third kappa shape index (κ3) is 3.82. The number of nitrogens with one attached hydrogen (secondary N) is 1. The van der Waals surface area contributed by atoms with Gasteiger partial charge < -0.3 is 16.3 Å². The standard InChI is InChI=1S/C14H12ClF2N3O/c15-12-2-1-11(6-13(12)17)19-7-8-3-9(14(18)20-21)5-10(16)4-8/h1-6,19,21H,7H2,(H2,18,20). The van der Waals surface area contributed by atoms with E-state index in [1.54, 1.807) is 12.1 Å². The van der Waals surface area contributed by atoms with Crippen molar-refractivity contribution in [3.05, 3.63) is 64.2 Å². The van der Waals surface area contributed by atoms with Crippen molar-refractivity contribution in [2.75, 3.05) is 5.32 Å². The Balaban J connectivity index is 2.16. The highest BCUT2D eigenvalue weighted by molar-refractivity contribution is 6.30. The molecule has 0 spiro atoms. The van der Waals surface area contributed by atoms with Crippen LogP contribution in [0.5, 0.6) is 0 Å². The van der Waals surface area contributed by atoms with Gasteiger partial charge in [-0.2, -0.15) is 0 Å². The Kier molecular flexibility index (Phi) is 4.59. The highest BCUT2D eigenvalue weighted by atomic mass is 35.5. The summed E-state index contributed by atoms with van der Waals surface area (Å²) in [5.41, 5.74) is 6.75. The van der Waals surface area contributed by atoms with Gasteiger partial charge in [0, 0.05) is 17.8 Å². The fraction of sp³-hybridized carbons (Fsp3) is 0.0714. The summed E-state index contributed by atoms with van der Waals surface area (Å²) in [7, 11) is 0.